The molecular weight excluding hydrogens is 314 g/mol. The average molecular weight is 339 g/mol. The second kappa shape index (κ2) is 8.80. The van der Waals surface area contributed by atoms with Gasteiger partial charge in [-0.25, -0.2) is 0 Å². The molecule has 2 saturated heterocycles. The van der Waals surface area contributed by atoms with Crippen molar-refractivity contribution in [1.82, 2.24) is 10.2 Å². The topological polar surface area (TPSA) is 65.4 Å². The first-order valence-electron chi connectivity index (χ1n) is 9.02. The van der Waals surface area contributed by atoms with Gasteiger partial charge in [0.2, 0.25) is 5.91 Å². The van der Waals surface area contributed by atoms with Crippen molar-refractivity contribution in [3.05, 3.63) is 41.5 Å². The summed E-state index contributed by atoms with van der Waals surface area (Å²) in [6, 6.07) is 9.58. The number of carbonyl (C=O) groups is 1. The molecular formula is C20H25N3O2. The van der Waals surface area contributed by atoms with Gasteiger partial charge in [-0.2, -0.15) is 5.26 Å². The van der Waals surface area contributed by atoms with Crippen LogP contribution in [0.4, 0.5) is 0 Å². The molecule has 25 heavy (non-hydrogen) atoms. The molecule has 0 saturated carbocycles. The van der Waals surface area contributed by atoms with Crippen LogP contribution in [-0.4, -0.2) is 49.7 Å². The number of rotatable bonds is 5. The molecule has 1 atom stereocenters. The lowest BCUT2D eigenvalue weighted by Gasteiger charge is -2.33. The standard InChI is InChI=1S/C20H25N3O2/c21-13-17-3-1-2-16(12-17)4-5-20(24)22-19-6-9-23(10-7-19)14-18-8-11-25-15-18/h1-5,12,18-19H,6-11,14-15H2,(H,22,24)/b5-4+. The van der Waals surface area contributed by atoms with Gasteiger partial charge in [-0.15, -0.1) is 0 Å². The number of ether oxygens (including phenoxy) is 1. The van der Waals surface area contributed by atoms with Crippen LogP contribution in [0.3, 0.4) is 0 Å². The molecule has 2 aliphatic heterocycles. The van der Waals surface area contributed by atoms with Gasteiger partial charge in [0, 0.05) is 38.4 Å². The highest BCUT2D eigenvalue weighted by atomic mass is 16.5. The molecule has 0 aromatic heterocycles. The summed E-state index contributed by atoms with van der Waals surface area (Å²) in [5.41, 5.74) is 1.46. The minimum atomic E-state index is -0.0648. The Labute approximate surface area is 149 Å². The zero-order valence-corrected chi connectivity index (χ0v) is 14.5. The van der Waals surface area contributed by atoms with Crippen LogP contribution in [0.1, 0.15) is 30.4 Å². The summed E-state index contributed by atoms with van der Waals surface area (Å²) in [6.45, 7) is 5.00. The van der Waals surface area contributed by atoms with Crippen LogP contribution >= 0.6 is 0 Å². The second-order valence-corrected chi connectivity index (χ2v) is 6.88. The fourth-order valence-electron chi connectivity index (χ4n) is 3.49. The maximum absolute atomic E-state index is 12.1. The Morgan fingerprint density at radius 1 is 1.36 bits per heavy atom. The van der Waals surface area contributed by atoms with Gasteiger partial charge in [-0.1, -0.05) is 12.1 Å². The molecule has 1 aromatic carbocycles. The van der Waals surface area contributed by atoms with Gasteiger partial charge in [0.25, 0.3) is 0 Å². The normalized spacial score (nSPS) is 22.1. The van der Waals surface area contributed by atoms with E-state index in [1.807, 2.05) is 12.1 Å². The number of nitrogens with one attached hydrogen (secondary N) is 1. The fourth-order valence-corrected chi connectivity index (χ4v) is 3.49. The van der Waals surface area contributed by atoms with Crippen molar-refractivity contribution in [1.29, 1.82) is 5.26 Å². The molecule has 0 radical (unpaired) electrons. The summed E-state index contributed by atoms with van der Waals surface area (Å²) < 4.78 is 5.44. The highest BCUT2D eigenvalue weighted by molar-refractivity contribution is 5.91. The number of benzene rings is 1. The van der Waals surface area contributed by atoms with E-state index in [4.69, 9.17) is 10.00 Å². The van der Waals surface area contributed by atoms with Crippen LogP contribution in [0, 0.1) is 17.2 Å². The molecule has 3 rings (SSSR count). The first kappa shape index (κ1) is 17.7. The Balaban J connectivity index is 1.41. The molecule has 132 valence electrons. The van der Waals surface area contributed by atoms with Crippen LogP contribution in [0.25, 0.3) is 6.08 Å². The van der Waals surface area contributed by atoms with Crippen molar-refractivity contribution < 1.29 is 9.53 Å². The molecule has 1 aromatic rings. The number of nitrogens with zero attached hydrogens (tertiary/aromatic N) is 2. The third kappa shape index (κ3) is 5.42. The Morgan fingerprint density at radius 3 is 2.92 bits per heavy atom. The predicted molar refractivity (Wildman–Crippen MR) is 96.7 cm³/mol. The van der Waals surface area contributed by atoms with Gasteiger partial charge in [-0.3, -0.25) is 4.79 Å². The number of carbonyl (C=O) groups excluding carboxylic acids is 1. The zero-order valence-electron chi connectivity index (χ0n) is 14.5. The molecule has 5 heteroatoms. The van der Waals surface area contributed by atoms with Gasteiger partial charge in [0.1, 0.15) is 0 Å². The van der Waals surface area contributed by atoms with Crippen LogP contribution in [0.5, 0.6) is 0 Å². The molecule has 0 aliphatic carbocycles. The van der Waals surface area contributed by atoms with E-state index in [1.165, 1.54) is 6.42 Å². The third-order valence-corrected chi connectivity index (χ3v) is 4.92. The second-order valence-electron chi connectivity index (χ2n) is 6.88. The molecule has 1 amide bonds. The van der Waals surface area contributed by atoms with Crippen molar-refractivity contribution in [3.8, 4) is 6.07 Å². The van der Waals surface area contributed by atoms with Crippen LogP contribution in [0.15, 0.2) is 30.3 Å². The zero-order chi connectivity index (χ0) is 17.5. The molecule has 1 N–H and O–H groups in total. The number of hydrogen-bond donors (Lipinski definition) is 1. The molecule has 1 unspecified atom stereocenters. The van der Waals surface area contributed by atoms with Crippen molar-refractivity contribution in [2.45, 2.75) is 25.3 Å². The van der Waals surface area contributed by atoms with Gasteiger partial charge >= 0.3 is 0 Å². The summed E-state index contributed by atoms with van der Waals surface area (Å²) in [7, 11) is 0. The Bertz CT molecular complexity index is 651. The van der Waals surface area contributed by atoms with E-state index < -0.39 is 0 Å². The molecule has 2 aliphatic rings. The molecule has 0 spiro atoms. The van der Waals surface area contributed by atoms with E-state index in [2.05, 4.69) is 16.3 Å². The fraction of sp³-hybridized carbons (Fsp3) is 0.500. The Kier molecular flexibility index (Phi) is 6.21. The van der Waals surface area contributed by atoms with Gasteiger partial charge in [0.05, 0.1) is 18.2 Å². The Hall–Kier alpha value is -2.16. The molecule has 5 nitrogen and oxygen atoms in total. The van der Waals surface area contributed by atoms with E-state index in [1.54, 1.807) is 24.3 Å². The van der Waals surface area contributed by atoms with E-state index in [-0.39, 0.29) is 11.9 Å². The van der Waals surface area contributed by atoms with Crippen molar-refractivity contribution >= 4 is 12.0 Å². The summed E-state index contributed by atoms with van der Waals surface area (Å²) in [5.74, 6) is 0.614. The minimum Gasteiger partial charge on any atom is -0.381 e. The molecule has 0 bridgehead atoms. The lowest BCUT2D eigenvalue weighted by Crippen LogP contribution is -2.45. The number of nitriles is 1. The lowest BCUT2D eigenvalue weighted by molar-refractivity contribution is -0.117. The summed E-state index contributed by atoms with van der Waals surface area (Å²) >= 11 is 0. The number of piperidine rings is 1. The predicted octanol–water partition coefficient (Wildman–Crippen LogP) is 2.19. The van der Waals surface area contributed by atoms with Gasteiger partial charge in [0.15, 0.2) is 0 Å². The highest BCUT2D eigenvalue weighted by Crippen LogP contribution is 2.17. The number of likely N-dealkylation sites (tertiary alicyclic amines) is 1. The minimum absolute atomic E-state index is 0.0648. The van der Waals surface area contributed by atoms with Crippen LogP contribution in [-0.2, 0) is 9.53 Å². The third-order valence-electron chi connectivity index (χ3n) is 4.92. The Morgan fingerprint density at radius 2 is 2.20 bits per heavy atom. The maximum atomic E-state index is 12.1. The van der Waals surface area contributed by atoms with Crippen molar-refractivity contribution in [2.75, 3.05) is 32.8 Å². The lowest BCUT2D eigenvalue weighted by atomic mass is 10.0. The highest BCUT2D eigenvalue weighted by Gasteiger charge is 2.24. The van der Waals surface area contributed by atoms with Crippen molar-refractivity contribution in [3.63, 3.8) is 0 Å². The molecule has 2 heterocycles. The molecule has 2 fully saturated rings. The maximum Gasteiger partial charge on any atom is 0.244 e. The summed E-state index contributed by atoms with van der Waals surface area (Å²) in [4.78, 5) is 14.6. The largest absolute Gasteiger partial charge is 0.381 e. The van der Waals surface area contributed by atoms with E-state index in [0.29, 0.717) is 11.5 Å². The van der Waals surface area contributed by atoms with E-state index in [9.17, 15) is 4.79 Å². The van der Waals surface area contributed by atoms with E-state index >= 15 is 0 Å². The first-order valence-corrected chi connectivity index (χ1v) is 9.02. The van der Waals surface area contributed by atoms with Crippen molar-refractivity contribution in [2.24, 2.45) is 5.92 Å². The first-order chi connectivity index (χ1) is 12.2. The van der Waals surface area contributed by atoms with Gasteiger partial charge in [-0.05, 0) is 49.0 Å². The quantitative estimate of drug-likeness (QED) is 0.835. The summed E-state index contributed by atoms with van der Waals surface area (Å²) in [5, 5.41) is 12.0. The smallest absolute Gasteiger partial charge is 0.244 e. The number of amides is 1. The van der Waals surface area contributed by atoms with Crippen LogP contribution in [0.2, 0.25) is 0 Å². The SMILES string of the molecule is N#Cc1cccc(/C=C/C(=O)NC2CCN(CC3CCOC3)CC2)c1. The average Bonchev–Trinajstić information content (AvgIpc) is 3.15. The monoisotopic (exact) mass is 339 g/mol. The van der Waals surface area contributed by atoms with Gasteiger partial charge < -0.3 is 15.0 Å². The van der Waals surface area contributed by atoms with E-state index in [0.717, 1.165) is 51.3 Å². The van der Waals surface area contributed by atoms with Crippen LogP contribution < -0.4 is 5.32 Å². The summed E-state index contributed by atoms with van der Waals surface area (Å²) in [6.07, 6.45) is 6.48. The number of hydrogen-bond acceptors (Lipinski definition) is 4.